The van der Waals surface area contributed by atoms with Gasteiger partial charge in [-0.3, -0.25) is 9.78 Å². The Morgan fingerprint density at radius 3 is 2.64 bits per heavy atom. The Hall–Kier alpha value is -1.72. The van der Waals surface area contributed by atoms with Crippen molar-refractivity contribution in [3.63, 3.8) is 0 Å². The second-order valence-corrected chi connectivity index (χ2v) is 2.47. The van der Waals surface area contributed by atoms with Crippen LogP contribution in [0, 0.1) is 0 Å². The molecule has 2 N–H and O–H groups in total. The van der Waals surface area contributed by atoms with E-state index in [9.17, 15) is 13.6 Å². The van der Waals surface area contributed by atoms with Gasteiger partial charge in [-0.2, -0.15) is 0 Å². The lowest BCUT2D eigenvalue weighted by Gasteiger charge is -2.09. The Balaban J connectivity index is 3.35. The zero-order chi connectivity index (χ0) is 10.7. The van der Waals surface area contributed by atoms with Crippen molar-refractivity contribution in [2.45, 2.75) is 6.43 Å². The van der Waals surface area contributed by atoms with Gasteiger partial charge < -0.3 is 10.5 Å². The van der Waals surface area contributed by atoms with Crippen LogP contribution in [-0.4, -0.2) is 18.0 Å². The number of methoxy groups -OCH3 is 1. The fraction of sp³-hybridized carbons (Fsp3) is 0.250. The molecule has 1 rings (SSSR count). The average Bonchev–Trinajstić information content (AvgIpc) is 2.16. The second-order valence-electron chi connectivity index (χ2n) is 2.47. The standard InChI is InChI=1S/C8H8F2N2O2/c1-14-5-3-12-2-4(7(9)10)6(5)8(11)13/h2-3,7H,1H3,(H2,11,13). The van der Waals surface area contributed by atoms with Gasteiger partial charge in [0.05, 0.1) is 24.4 Å². The molecule has 4 nitrogen and oxygen atoms in total. The number of carbonyl (C=O) groups excluding carboxylic acids is 1. The van der Waals surface area contributed by atoms with Crippen molar-refractivity contribution in [3.8, 4) is 5.75 Å². The molecule has 0 aliphatic heterocycles. The zero-order valence-electron chi connectivity index (χ0n) is 7.33. The summed E-state index contributed by atoms with van der Waals surface area (Å²) in [4.78, 5) is 14.4. The number of nitrogens with zero attached hydrogens (tertiary/aromatic N) is 1. The topological polar surface area (TPSA) is 65.2 Å². The predicted molar refractivity (Wildman–Crippen MR) is 44.3 cm³/mol. The lowest BCUT2D eigenvalue weighted by molar-refractivity contribution is 0.0982. The number of rotatable bonds is 3. The van der Waals surface area contributed by atoms with Crippen molar-refractivity contribution in [2.75, 3.05) is 7.11 Å². The minimum absolute atomic E-state index is 0.0460. The van der Waals surface area contributed by atoms with Gasteiger partial charge in [0.15, 0.2) is 0 Å². The number of hydrogen-bond donors (Lipinski definition) is 1. The quantitative estimate of drug-likeness (QED) is 0.798. The molecule has 1 heterocycles. The summed E-state index contributed by atoms with van der Waals surface area (Å²) in [7, 11) is 1.25. The summed E-state index contributed by atoms with van der Waals surface area (Å²) in [6, 6.07) is 0. The van der Waals surface area contributed by atoms with E-state index >= 15 is 0 Å². The van der Waals surface area contributed by atoms with Gasteiger partial charge in [-0.1, -0.05) is 0 Å². The van der Waals surface area contributed by atoms with E-state index in [-0.39, 0.29) is 11.3 Å². The molecule has 76 valence electrons. The fourth-order valence-electron chi connectivity index (χ4n) is 1.04. The Morgan fingerprint density at radius 1 is 1.57 bits per heavy atom. The first-order valence-electron chi connectivity index (χ1n) is 3.67. The summed E-state index contributed by atoms with van der Waals surface area (Å²) >= 11 is 0. The van der Waals surface area contributed by atoms with Crippen LogP contribution in [0.4, 0.5) is 8.78 Å². The van der Waals surface area contributed by atoms with Gasteiger partial charge in [0.25, 0.3) is 12.3 Å². The number of aromatic nitrogens is 1. The minimum atomic E-state index is -2.81. The van der Waals surface area contributed by atoms with E-state index in [4.69, 9.17) is 10.5 Å². The summed E-state index contributed by atoms with van der Waals surface area (Å²) in [5.74, 6) is -1.00. The molecule has 1 amide bonds. The van der Waals surface area contributed by atoms with E-state index in [2.05, 4.69) is 4.98 Å². The van der Waals surface area contributed by atoms with Gasteiger partial charge in [0.1, 0.15) is 5.75 Å². The Bertz CT molecular complexity index is 355. The number of carbonyl (C=O) groups is 1. The van der Waals surface area contributed by atoms with Crippen LogP contribution in [-0.2, 0) is 0 Å². The molecule has 0 aliphatic rings. The molecule has 0 bridgehead atoms. The van der Waals surface area contributed by atoms with Crippen molar-refractivity contribution in [2.24, 2.45) is 5.73 Å². The smallest absolute Gasteiger partial charge is 0.266 e. The molecule has 0 saturated carbocycles. The zero-order valence-corrected chi connectivity index (χ0v) is 7.33. The van der Waals surface area contributed by atoms with E-state index in [1.54, 1.807) is 0 Å². The molecular weight excluding hydrogens is 194 g/mol. The van der Waals surface area contributed by atoms with Gasteiger partial charge >= 0.3 is 0 Å². The maximum Gasteiger partial charge on any atom is 0.266 e. The number of pyridine rings is 1. The van der Waals surface area contributed by atoms with Crippen LogP contribution in [0.5, 0.6) is 5.75 Å². The van der Waals surface area contributed by atoms with Crippen LogP contribution in [0.2, 0.25) is 0 Å². The van der Waals surface area contributed by atoms with Gasteiger partial charge in [-0.25, -0.2) is 8.78 Å². The van der Waals surface area contributed by atoms with Crippen molar-refractivity contribution in [3.05, 3.63) is 23.5 Å². The normalized spacial score (nSPS) is 10.3. The lowest BCUT2D eigenvalue weighted by atomic mass is 10.1. The van der Waals surface area contributed by atoms with Gasteiger partial charge in [-0.05, 0) is 0 Å². The third-order valence-corrected chi connectivity index (χ3v) is 1.64. The number of primary amides is 1. The minimum Gasteiger partial charge on any atom is -0.494 e. The molecule has 6 heteroatoms. The summed E-state index contributed by atoms with van der Waals surface area (Å²) in [6.45, 7) is 0. The first kappa shape index (κ1) is 10.4. The molecule has 0 unspecified atom stereocenters. The Morgan fingerprint density at radius 2 is 2.21 bits per heavy atom. The van der Waals surface area contributed by atoms with Crippen LogP contribution in [0.25, 0.3) is 0 Å². The van der Waals surface area contributed by atoms with Crippen LogP contribution >= 0.6 is 0 Å². The molecule has 0 atom stereocenters. The first-order chi connectivity index (χ1) is 6.57. The molecule has 0 spiro atoms. The number of halogens is 2. The summed E-state index contributed by atoms with van der Waals surface area (Å²) in [5.41, 5.74) is 4.11. The Labute approximate surface area is 78.7 Å². The van der Waals surface area contributed by atoms with E-state index in [0.717, 1.165) is 12.4 Å². The van der Waals surface area contributed by atoms with E-state index in [0.29, 0.717) is 0 Å². The monoisotopic (exact) mass is 202 g/mol. The Kier molecular flexibility index (Phi) is 2.95. The van der Waals surface area contributed by atoms with Gasteiger partial charge in [-0.15, -0.1) is 0 Å². The molecule has 0 radical (unpaired) electrons. The first-order valence-corrected chi connectivity index (χ1v) is 3.67. The summed E-state index contributed by atoms with van der Waals surface area (Å²) in [6.07, 6.45) is -0.751. The number of nitrogens with two attached hydrogens (primary N) is 1. The summed E-state index contributed by atoms with van der Waals surface area (Å²) in [5, 5.41) is 0. The van der Waals surface area contributed by atoms with Crippen LogP contribution in [0.1, 0.15) is 22.3 Å². The van der Waals surface area contributed by atoms with Gasteiger partial charge in [0.2, 0.25) is 0 Å². The highest BCUT2D eigenvalue weighted by atomic mass is 19.3. The van der Waals surface area contributed by atoms with E-state index in [1.807, 2.05) is 0 Å². The number of alkyl halides is 2. The SMILES string of the molecule is COc1cncc(C(F)F)c1C(N)=O. The molecule has 0 saturated heterocycles. The number of ether oxygens (including phenoxy) is 1. The molecule has 1 aromatic heterocycles. The molecular formula is C8H8F2N2O2. The maximum absolute atomic E-state index is 12.4. The number of amides is 1. The lowest BCUT2D eigenvalue weighted by Crippen LogP contribution is -2.16. The van der Waals surface area contributed by atoms with Crippen molar-refractivity contribution in [1.29, 1.82) is 0 Å². The molecule has 0 aliphatic carbocycles. The van der Waals surface area contributed by atoms with Crippen LogP contribution in [0.15, 0.2) is 12.4 Å². The van der Waals surface area contributed by atoms with E-state index < -0.39 is 17.9 Å². The van der Waals surface area contributed by atoms with E-state index in [1.165, 1.54) is 7.11 Å². The average molecular weight is 202 g/mol. The highest BCUT2D eigenvalue weighted by Crippen LogP contribution is 2.27. The molecule has 1 aromatic rings. The third-order valence-electron chi connectivity index (χ3n) is 1.64. The molecule has 14 heavy (non-hydrogen) atoms. The predicted octanol–water partition coefficient (Wildman–Crippen LogP) is 1.13. The number of hydrogen-bond acceptors (Lipinski definition) is 3. The van der Waals surface area contributed by atoms with Gasteiger partial charge in [0, 0.05) is 6.20 Å². The van der Waals surface area contributed by atoms with Crippen LogP contribution < -0.4 is 10.5 Å². The second kappa shape index (κ2) is 3.99. The maximum atomic E-state index is 12.4. The third kappa shape index (κ3) is 1.78. The van der Waals surface area contributed by atoms with Crippen LogP contribution in [0.3, 0.4) is 0 Å². The highest BCUT2D eigenvalue weighted by molar-refractivity contribution is 5.97. The summed E-state index contributed by atoms with van der Waals surface area (Å²) < 4.78 is 29.5. The largest absolute Gasteiger partial charge is 0.494 e. The highest BCUT2D eigenvalue weighted by Gasteiger charge is 2.21. The van der Waals surface area contributed by atoms with Crippen molar-refractivity contribution in [1.82, 2.24) is 4.98 Å². The molecule has 0 aromatic carbocycles. The molecule has 0 fully saturated rings. The van der Waals surface area contributed by atoms with Crippen molar-refractivity contribution >= 4 is 5.91 Å². The fourth-order valence-corrected chi connectivity index (χ4v) is 1.04. The van der Waals surface area contributed by atoms with Crippen molar-refractivity contribution < 1.29 is 18.3 Å².